The third kappa shape index (κ3) is 3.49. The zero-order valence-corrected chi connectivity index (χ0v) is 15.1. The molecule has 6 heteroatoms. The number of benzene rings is 2. The van der Waals surface area contributed by atoms with Gasteiger partial charge in [-0.05, 0) is 36.8 Å². The Labute approximate surface area is 152 Å². The highest BCUT2D eigenvalue weighted by Crippen LogP contribution is 2.33. The number of methoxy groups -OCH3 is 2. The predicted octanol–water partition coefficient (Wildman–Crippen LogP) is 3.00. The smallest absolute Gasteiger partial charge is 0.229 e. The number of ether oxygens (including phenoxy) is 2. The van der Waals surface area contributed by atoms with Crippen LogP contribution in [0.3, 0.4) is 0 Å². The lowest BCUT2D eigenvalue weighted by Crippen LogP contribution is -2.28. The lowest BCUT2D eigenvalue weighted by Gasteiger charge is -2.19. The van der Waals surface area contributed by atoms with E-state index in [1.807, 2.05) is 43.3 Å². The molecule has 1 atom stereocenters. The van der Waals surface area contributed by atoms with Crippen LogP contribution in [0.15, 0.2) is 42.5 Å². The normalized spacial score (nSPS) is 16.5. The SMILES string of the molecule is COc1ccc(C)cc1NC(=O)[C@H]1CC(=O)N(c2ccccc2OC)C1. The van der Waals surface area contributed by atoms with Crippen molar-refractivity contribution in [1.29, 1.82) is 0 Å². The van der Waals surface area contributed by atoms with Gasteiger partial charge in [0.25, 0.3) is 0 Å². The molecular weight excluding hydrogens is 332 g/mol. The number of anilines is 2. The van der Waals surface area contributed by atoms with Crippen molar-refractivity contribution >= 4 is 23.2 Å². The van der Waals surface area contributed by atoms with Gasteiger partial charge in [0, 0.05) is 13.0 Å². The lowest BCUT2D eigenvalue weighted by molar-refractivity contribution is -0.122. The maximum atomic E-state index is 12.7. The van der Waals surface area contributed by atoms with Crippen LogP contribution in [0.4, 0.5) is 11.4 Å². The number of rotatable bonds is 5. The molecule has 1 aliphatic heterocycles. The summed E-state index contributed by atoms with van der Waals surface area (Å²) in [6, 6.07) is 12.9. The molecule has 0 aliphatic carbocycles. The summed E-state index contributed by atoms with van der Waals surface area (Å²) < 4.78 is 10.6. The van der Waals surface area contributed by atoms with Gasteiger partial charge in [-0.2, -0.15) is 0 Å². The molecule has 2 aromatic carbocycles. The number of carbonyl (C=O) groups excluding carboxylic acids is 2. The molecule has 1 fully saturated rings. The van der Waals surface area contributed by atoms with E-state index in [1.54, 1.807) is 25.2 Å². The summed E-state index contributed by atoms with van der Waals surface area (Å²) in [6.45, 7) is 2.26. The number of nitrogens with zero attached hydrogens (tertiary/aromatic N) is 1. The van der Waals surface area contributed by atoms with E-state index < -0.39 is 5.92 Å². The zero-order chi connectivity index (χ0) is 18.7. The van der Waals surface area contributed by atoms with Gasteiger partial charge in [-0.25, -0.2) is 0 Å². The van der Waals surface area contributed by atoms with Crippen molar-refractivity contribution in [2.75, 3.05) is 31.0 Å². The van der Waals surface area contributed by atoms with Gasteiger partial charge in [0.05, 0.1) is 31.5 Å². The first kappa shape index (κ1) is 17.8. The Balaban J connectivity index is 1.76. The van der Waals surface area contributed by atoms with Crippen molar-refractivity contribution in [2.45, 2.75) is 13.3 Å². The highest BCUT2D eigenvalue weighted by molar-refractivity contribution is 6.04. The topological polar surface area (TPSA) is 67.9 Å². The number of amides is 2. The molecule has 0 bridgehead atoms. The Morgan fingerprint density at radius 1 is 1.12 bits per heavy atom. The molecule has 136 valence electrons. The van der Waals surface area contributed by atoms with Gasteiger partial charge in [-0.3, -0.25) is 9.59 Å². The van der Waals surface area contributed by atoms with Crippen molar-refractivity contribution in [1.82, 2.24) is 0 Å². The number of carbonyl (C=O) groups is 2. The Morgan fingerprint density at radius 2 is 1.85 bits per heavy atom. The molecule has 0 spiro atoms. The van der Waals surface area contributed by atoms with E-state index >= 15 is 0 Å². The van der Waals surface area contributed by atoms with Crippen LogP contribution in [0.2, 0.25) is 0 Å². The Hall–Kier alpha value is -3.02. The molecule has 2 aromatic rings. The monoisotopic (exact) mass is 354 g/mol. The summed E-state index contributed by atoms with van der Waals surface area (Å²) in [6.07, 6.45) is 0.165. The van der Waals surface area contributed by atoms with Crippen LogP contribution >= 0.6 is 0 Å². The zero-order valence-electron chi connectivity index (χ0n) is 15.1. The van der Waals surface area contributed by atoms with Crippen LogP contribution in [0.1, 0.15) is 12.0 Å². The Kier molecular flexibility index (Phi) is 5.11. The predicted molar refractivity (Wildman–Crippen MR) is 99.8 cm³/mol. The van der Waals surface area contributed by atoms with Crippen LogP contribution in [-0.4, -0.2) is 32.6 Å². The van der Waals surface area contributed by atoms with Crippen LogP contribution < -0.4 is 19.7 Å². The van der Waals surface area contributed by atoms with E-state index in [2.05, 4.69) is 5.32 Å². The molecule has 0 radical (unpaired) electrons. The molecular formula is C20H22N2O4. The Morgan fingerprint density at radius 3 is 2.58 bits per heavy atom. The fourth-order valence-electron chi connectivity index (χ4n) is 3.12. The second-order valence-corrected chi connectivity index (χ2v) is 6.27. The number of hydrogen-bond acceptors (Lipinski definition) is 4. The molecule has 0 unspecified atom stereocenters. The molecule has 0 aromatic heterocycles. The lowest BCUT2D eigenvalue weighted by atomic mass is 10.1. The third-order valence-electron chi connectivity index (χ3n) is 4.48. The number of nitrogens with one attached hydrogen (secondary N) is 1. The van der Waals surface area contributed by atoms with Crippen molar-refractivity contribution in [3.63, 3.8) is 0 Å². The molecule has 6 nitrogen and oxygen atoms in total. The minimum Gasteiger partial charge on any atom is -0.495 e. The molecule has 1 aliphatic rings. The first-order chi connectivity index (χ1) is 12.5. The summed E-state index contributed by atoms with van der Waals surface area (Å²) in [7, 11) is 3.12. The van der Waals surface area contributed by atoms with Crippen molar-refractivity contribution in [2.24, 2.45) is 5.92 Å². The minimum absolute atomic E-state index is 0.0918. The van der Waals surface area contributed by atoms with E-state index in [1.165, 1.54) is 0 Å². The van der Waals surface area contributed by atoms with Gasteiger partial charge < -0.3 is 19.7 Å². The van der Waals surface area contributed by atoms with Gasteiger partial charge in [0.15, 0.2) is 0 Å². The second-order valence-electron chi connectivity index (χ2n) is 6.27. The highest BCUT2D eigenvalue weighted by atomic mass is 16.5. The van der Waals surface area contributed by atoms with Crippen molar-refractivity contribution < 1.29 is 19.1 Å². The molecule has 1 heterocycles. The Bertz CT molecular complexity index is 834. The summed E-state index contributed by atoms with van der Waals surface area (Å²) in [5.41, 5.74) is 2.31. The first-order valence-electron chi connectivity index (χ1n) is 8.42. The summed E-state index contributed by atoms with van der Waals surface area (Å²) in [5, 5.41) is 2.89. The fourth-order valence-corrected chi connectivity index (χ4v) is 3.12. The van der Waals surface area contributed by atoms with E-state index in [9.17, 15) is 9.59 Å². The van der Waals surface area contributed by atoms with E-state index in [-0.39, 0.29) is 18.2 Å². The first-order valence-corrected chi connectivity index (χ1v) is 8.42. The maximum Gasteiger partial charge on any atom is 0.229 e. The van der Waals surface area contributed by atoms with Gasteiger partial charge in [-0.15, -0.1) is 0 Å². The maximum absolute atomic E-state index is 12.7. The number of hydrogen-bond donors (Lipinski definition) is 1. The van der Waals surface area contributed by atoms with Crippen LogP contribution in [0, 0.1) is 12.8 Å². The third-order valence-corrected chi connectivity index (χ3v) is 4.48. The summed E-state index contributed by atoms with van der Waals surface area (Å²) in [4.78, 5) is 26.8. The van der Waals surface area contributed by atoms with E-state index in [0.717, 1.165) is 5.56 Å². The van der Waals surface area contributed by atoms with Crippen LogP contribution in [0.5, 0.6) is 11.5 Å². The van der Waals surface area contributed by atoms with Gasteiger partial charge >= 0.3 is 0 Å². The standard InChI is InChI=1S/C20H22N2O4/c1-13-8-9-17(25-2)15(10-13)21-20(24)14-11-19(23)22(12-14)16-6-4-5-7-18(16)26-3/h4-10,14H,11-12H2,1-3H3,(H,21,24)/t14-/m0/s1. The van der Waals surface area contributed by atoms with E-state index in [0.29, 0.717) is 29.4 Å². The largest absolute Gasteiger partial charge is 0.495 e. The highest BCUT2D eigenvalue weighted by Gasteiger charge is 2.36. The van der Waals surface area contributed by atoms with Gasteiger partial charge in [-0.1, -0.05) is 18.2 Å². The molecule has 3 rings (SSSR count). The molecule has 1 N–H and O–H groups in total. The number of aryl methyl sites for hydroxylation is 1. The molecule has 2 amide bonds. The second kappa shape index (κ2) is 7.47. The molecule has 1 saturated heterocycles. The summed E-state index contributed by atoms with van der Waals surface area (Å²) >= 11 is 0. The van der Waals surface area contributed by atoms with Crippen molar-refractivity contribution in [3.05, 3.63) is 48.0 Å². The van der Waals surface area contributed by atoms with Crippen LogP contribution in [-0.2, 0) is 9.59 Å². The quantitative estimate of drug-likeness (QED) is 0.896. The van der Waals surface area contributed by atoms with E-state index in [4.69, 9.17) is 9.47 Å². The fraction of sp³-hybridized carbons (Fsp3) is 0.300. The number of para-hydroxylation sites is 2. The van der Waals surface area contributed by atoms with Crippen LogP contribution in [0.25, 0.3) is 0 Å². The van der Waals surface area contributed by atoms with Crippen molar-refractivity contribution in [3.8, 4) is 11.5 Å². The van der Waals surface area contributed by atoms with Gasteiger partial charge in [0.2, 0.25) is 11.8 Å². The average Bonchev–Trinajstić information content (AvgIpc) is 3.03. The van der Waals surface area contributed by atoms with Gasteiger partial charge in [0.1, 0.15) is 11.5 Å². The molecule has 0 saturated carbocycles. The minimum atomic E-state index is -0.433. The average molecular weight is 354 g/mol. The molecule has 26 heavy (non-hydrogen) atoms. The summed E-state index contributed by atoms with van der Waals surface area (Å²) in [5.74, 6) is 0.486.